The molecular formula is C16H19NOS2. The average molecular weight is 305 g/mol. The van der Waals surface area contributed by atoms with E-state index in [0.29, 0.717) is 0 Å². The summed E-state index contributed by atoms with van der Waals surface area (Å²) in [6.45, 7) is 4.00. The minimum atomic E-state index is -0.0804. The first-order valence-corrected chi connectivity index (χ1v) is 8.45. The fraction of sp³-hybridized carbons (Fsp3) is 0.312. The highest BCUT2D eigenvalue weighted by Gasteiger charge is 2.16. The SMILES string of the molecule is CC(Cc1cccs1)NC(=O)C(C)Sc1ccccc1. The predicted molar refractivity (Wildman–Crippen MR) is 87.4 cm³/mol. The van der Waals surface area contributed by atoms with Crippen LogP contribution in [0.3, 0.4) is 0 Å². The van der Waals surface area contributed by atoms with Crippen molar-refractivity contribution >= 4 is 29.0 Å². The Morgan fingerprint density at radius 3 is 2.60 bits per heavy atom. The van der Waals surface area contributed by atoms with Gasteiger partial charge in [-0.15, -0.1) is 23.1 Å². The van der Waals surface area contributed by atoms with Crippen LogP contribution in [0.5, 0.6) is 0 Å². The van der Waals surface area contributed by atoms with Gasteiger partial charge in [-0.3, -0.25) is 4.79 Å². The summed E-state index contributed by atoms with van der Waals surface area (Å²) in [4.78, 5) is 14.6. The van der Waals surface area contributed by atoms with Gasteiger partial charge in [0.25, 0.3) is 0 Å². The Labute approximate surface area is 128 Å². The van der Waals surface area contributed by atoms with Crippen molar-refractivity contribution in [2.45, 2.75) is 36.5 Å². The Morgan fingerprint density at radius 2 is 1.95 bits per heavy atom. The van der Waals surface area contributed by atoms with E-state index in [1.807, 2.05) is 43.3 Å². The second kappa shape index (κ2) is 7.50. The Bertz CT molecular complexity index is 525. The van der Waals surface area contributed by atoms with Gasteiger partial charge in [0.2, 0.25) is 5.91 Å². The molecule has 0 bridgehead atoms. The summed E-state index contributed by atoms with van der Waals surface area (Å²) in [5.74, 6) is 0.0999. The number of carbonyl (C=O) groups is 1. The summed E-state index contributed by atoms with van der Waals surface area (Å²) in [6.07, 6.45) is 0.895. The predicted octanol–water partition coefficient (Wildman–Crippen LogP) is 3.98. The zero-order valence-corrected chi connectivity index (χ0v) is 13.3. The van der Waals surface area contributed by atoms with E-state index in [4.69, 9.17) is 0 Å². The largest absolute Gasteiger partial charge is 0.352 e. The van der Waals surface area contributed by atoms with E-state index in [0.717, 1.165) is 11.3 Å². The van der Waals surface area contributed by atoms with Gasteiger partial charge in [-0.2, -0.15) is 0 Å². The zero-order chi connectivity index (χ0) is 14.4. The summed E-state index contributed by atoms with van der Waals surface area (Å²) in [5.41, 5.74) is 0. The fourth-order valence-electron chi connectivity index (χ4n) is 1.90. The lowest BCUT2D eigenvalue weighted by Gasteiger charge is -2.17. The number of carbonyl (C=O) groups excluding carboxylic acids is 1. The second-order valence-electron chi connectivity index (χ2n) is 4.77. The highest BCUT2D eigenvalue weighted by atomic mass is 32.2. The molecule has 2 aromatic rings. The van der Waals surface area contributed by atoms with Gasteiger partial charge in [0.15, 0.2) is 0 Å². The molecule has 4 heteroatoms. The van der Waals surface area contributed by atoms with Crippen LogP contribution < -0.4 is 5.32 Å². The van der Waals surface area contributed by atoms with Gasteiger partial charge >= 0.3 is 0 Å². The number of amides is 1. The van der Waals surface area contributed by atoms with Gasteiger partial charge in [0.1, 0.15) is 0 Å². The van der Waals surface area contributed by atoms with Crippen LogP contribution >= 0.6 is 23.1 Å². The van der Waals surface area contributed by atoms with Crippen LogP contribution in [0.15, 0.2) is 52.7 Å². The lowest BCUT2D eigenvalue weighted by Crippen LogP contribution is -2.38. The zero-order valence-electron chi connectivity index (χ0n) is 11.7. The summed E-state index contributed by atoms with van der Waals surface area (Å²) in [7, 11) is 0. The number of rotatable bonds is 6. The third-order valence-corrected chi connectivity index (χ3v) is 4.91. The number of benzene rings is 1. The van der Waals surface area contributed by atoms with Crippen molar-refractivity contribution in [2.24, 2.45) is 0 Å². The monoisotopic (exact) mass is 305 g/mol. The van der Waals surface area contributed by atoms with Gasteiger partial charge in [-0.25, -0.2) is 0 Å². The van der Waals surface area contributed by atoms with Crippen molar-refractivity contribution in [1.29, 1.82) is 0 Å². The van der Waals surface area contributed by atoms with Crippen molar-refractivity contribution in [3.63, 3.8) is 0 Å². The van der Waals surface area contributed by atoms with Crippen molar-refractivity contribution in [3.05, 3.63) is 52.7 Å². The van der Waals surface area contributed by atoms with E-state index in [9.17, 15) is 4.79 Å². The minimum absolute atomic E-state index is 0.0804. The molecule has 106 valence electrons. The quantitative estimate of drug-likeness (QED) is 0.818. The topological polar surface area (TPSA) is 29.1 Å². The number of hydrogen-bond acceptors (Lipinski definition) is 3. The van der Waals surface area contributed by atoms with E-state index in [1.54, 1.807) is 23.1 Å². The van der Waals surface area contributed by atoms with E-state index >= 15 is 0 Å². The molecule has 2 nitrogen and oxygen atoms in total. The van der Waals surface area contributed by atoms with E-state index < -0.39 is 0 Å². The summed E-state index contributed by atoms with van der Waals surface area (Å²) < 4.78 is 0. The lowest BCUT2D eigenvalue weighted by molar-refractivity contribution is -0.120. The molecule has 1 N–H and O–H groups in total. The Morgan fingerprint density at radius 1 is 1.20 bits per heavy atom. The third-order valence-electron chi connectivity index (χ3n) is 2.90. The maximum atomic E-state index is 12.2. The number of thiophene rings is 1. The van der Waals surface area contributed by atoms with Gasteiger partial charge in [-0.1, -0.05) is 24.3 Å². The maximum Gasteiger partial charge on any atom is 0.233 e. The van der Waals surface area contributed by atoms with Crippen molar-refractivity contribution < 1.29 is 4.79 Å². The van der Waals surface area contributed by atoms with Crippen LogP contribution in [-0.4, -0.2) is 17.2 Å². The fourth-order valence-corrected chi connectivity index (χ4v) is 3.63. The highest BCUT2D eigenvalue weighted by molar-refractivity contribution is 8.00. The lowest BCUT2D eigenvalue weighted by atomic mass is 10.2. The molecule has 20 heavy (non-hydrogen) atoms. The van der Waals surface area contributed by atoms with Crippen molar-refractivity contribution in [1.82, 2.24) is 5.32 Å². The molecule has 1 aromatic carbocycles. The van der Waals surface area contributed by atoms with E-state index in [2.05, 4.69) is 23.7 Å². The van der Waals surface area contributed by atoms with Crippen LogP contribution in [0, 0.1) is 0 Å². The van der Waals surface area contributed by atoms with Crippen LogP contribution in [0.2, 0.25) is 0 Å². The van der Waals surface area contributed by atoms with E-state index in [-0.39, 0.29) is 17.2 Å². The molecule has 0 radical (unpaired) electrons. The molecule has 1 amide bonds. The molecule has 0 saturated carbocycles. The maximum absolute atomic E-state index is 12.2. The summed E-state index contributed by atoms with van der Waals surface area (Å²) in [5, 5.41) is 5.07. The van der Waals surface area contributed by atoms with Crippen molar-refractivity contribution in [2.75, 3.05) is 0 Å². The van der Waals surface area contributed by atoms with Crippen LogP contribution in [0.4, 0.5) is 0 Å². The molecule has 1 heterocycles. The summed E-state index contributed by atoms with van der Waals surface area (Å²) >= 11 is 3.33. The molecule has 0 spiro atoms. The number of hydrogen-bond donors (Lipinski definition) is 1. The van der Waals surface area contributed by atoms with E-state index in [1.165, 1.54) is 4.88 Å². The Kier molecular flexibility index (Phi) is 5.68. The molecule has 0 aliphatic heterocycles. The molecule has 1 aromatic heterocycles. The standard InChI is InChI=1S/C16H19NOS2/c1-12(11-15-9-6-10-19-15)17-16(18)13(2)20-14-7-4-3-5-8-14/h3-10,12-13H,11H2,1-2H3,(H,17,18). The molecule has 2 rings (SSSR count). The number of nitrogens with one attached hydrogen (secondary N) is 1. The van der Waals surface area contributed by atoms with Gasteiger partial charge in [0.05, 0.1) is 5.25 Å². The molecule has 2 unspecified atom stereocenters. The second-order valence-corrected chi connectivity index (χ2v) is 7.21. The van der Waals surface area contributed by atoms with Gasteiger partial charge in [0, 0.05) is 22.2 Å². The van der Waals surface area contributed by atoms with Crippen molar-refractivity contribution in [3.8, 4) is 0 Å². The molecule has 2 atom stereocenters. The first kappa shape index (κ1) is 15.1. The van der Waals surface area contributed by atoms with Gasteiger partial charge in [-0.05, 0) is 37.4 Å². The van der Waals surface area contributed by atoms with Crippen LogP contribution in [0.25, 0.3) is 0 Å². The first-order valence-electron chi connectivity index (χ1n) is 6.69. The normalized spacial score (nSPS) is 13.7. The molecule has 0 aliphatic rings. The molecule has 0 aliphatic carbocycles. The average Bonchev–Trinajstić information content (AvgIpc) is 2.92. The Balaban J connectivity index is 1.81. The highest BCUT2D eigenvalue weighted by Crippen LogP contribution is 2.22. The molecule has 0 fully saturated rings. The summed E-state index contributed by atoms with van der Waals surface area (Å²) in [6, 6.07) is 14.3. The smallest absolute Gasteiger partial charge is 0.233 e. The third kappa shape index (κ3) is 4.69. The molecule has 0 saturated heterocycles. The number of thioether (sulfide) groups is 1. The molecular weight excluding hydrogens is 286 g/mol. The first-order chi connectivity index (χ1) is 9.65. The Hall–Kier alpha value is -1.26. The van der Waals surface area contributed by atoms with Crippen LogP contribution in [-0.2, 0) is 11.2 Å². The minimum Gasteiger partial charge on any atom is -0.352 e. The van der Waals surface area contributed by atoms with Gasteiger partial charge < -0.3 is 5.32 Å². The van der Waals surface area contributed by atoms with Crippen LogP contribution in [0.1, 0.15) is 18.7 Å².